The van der Waals surface area contributed by atoms with Gasteiger partial charge in [0.15, 0.2) is 0 Å². The molecule has 0 aromatic heterocycles. The summed E-state index contributed by atoms with van der Waals surface area (Å²) in [5, 5.41) is 9.80. The first-order valence-corrected chi connectivity index (χ1v) is 16.5. The quantitative estimate of drug-likeness (QED) is 0.263. The van der Waals surface area contributed by atoms with Crippen LogP contribution in [0.4, 0.5) is 5.69 Å². The van der Waals surface area contributed by atoms with Crippen molar-refractivity contribution < 1.29 is 19.5 Å². The average Bonchev–Trinajstić information content (AvgIpc) is 3.05. The van der Waals surface area contributed by atoms with Crippen LogP contribution in [-0.4, -0.2) is 72.0 Å². The van der Waals surface area contributed by atoms with Gasteiger partial charge in [0.05, 0.1) is 5.56 Å². The van der Waals surface area contributed by atoms with Crippen LogP contribution in [0.25, 0.3) is 11.1 Å². The predicted molar refractivity (Wildman–Crippen MR) is 180 cm³/mol. The molecule has 0 aliphatic carbocycles. The second kappa shape index (κ2) is 15.1. The maximum atomic E-state index is 13.8. The average molecular weight is 630 g/mol. The number of carbonyl (C=O) groups excluding carboxylic acids is 2. The molecule has 7 nitrogen and oxygen atoms in total. The van der Waals surface area contributed by atoms with Crippen LogP contribution in [-0.2, 0) is 16.0 Å². The van der Waals surface area contributed by atoms with Crippen LogP contribution in [0.2, 0.25) is 5.02 Å². The molecule has 0 unspecified atom stereocenters. The third kappa shape index (κ3) is 8.53. The molecule has 2 heterocycles. The van der Waals surface area contributed by atoms with E-state index in [2.05, 4.69) is 29.2 Å². The molecule has 3 aromatic carbocycles. The van der Waals surface area contributed by atoms with E-state index >= 15 is 0 Å². The minimum Gasteiger partial charge on any atom is -0.478 e. The Kier molecular flexibility index (Phi) is 11.0. The zero-order valence-corrected chi connectivity index (χ0v) is 27.1. The minimum absolute atomic E-state index is 0.0757. The van der Waals surface area contributed by atoms with Gasteiger partial charge in [-0.25, -0.2) is 4.79 Å². The molecule has 0 bridgehead atoms. The molecule has 0 atom stereocenters. The van der Waals surface area contributed by atoms with Crippen molar-refractivity contribution in [1.82, 2.24) is 9.80 Å². The highest BCUT2D eigenvalue weighted by Crippen LogP contribution is 2.29. The Labute approximate surface area is 271 Å². The molecule has 2 saturated heterocycles. The lowest BCUT2D eigenvalue weighted by Crippen LogP contribution is -2.45. The van der Waals surface area contributed by atoms with Crippen LogP contribution in [0.3, 0.4) is 0 Å². The SMILES string of the molecule is CC(=O)N1CCC(C(=O)N(CCCN2CCC(Cc3ccc(-c4ccc(C(=O)O)cc4)cc3)CC2)c2ccc(C)c(Cl)c2)CC1. The Balaban J connectivity index is 1.11. The van der Waals surface area contributed by atoms with Crippen molar-refractivity contribution in [2.24, 2.45) is 11.8 Å². The van der Waals surface area contributed by atoms with E-state index in [0.29, 0.717) is 49.0 Å². The largest absolute Gasteiger partial charge is 0.478 e. The summed E-state index contributed by atoms with van der Waals surface area (Å²) in [5.74, 6) is -0.128. The molecule has 45 heavy (non-hydrogen) atoms. The Morgan fingerprint density at radius 1 is 0.867 bits per heavy atom. The molecular formula is C37H44ClN3O4. The van der Waals surface area contributed by atoms with Gasteiger partial charge in [-0.2, -0.15) is 0 Å². The van der Waals surface area contributed by atoms with E-state index in [-0.39, 0.29) is 17.7 Å². The van der Waals surface area contributed by atoms with E-state index in [9.17, 15) is 14.4 Å². The fraction of sp³-hybridized carbons (Fsp3) is 0.432. The van der Waals surface area contributed by atoms with Crippen molar-refractivity contribution in [1.29, 1.82) is 0 Å². The Bertz CT molecular complexity index is 1470. The van der Waals surface area contributed by atoms with E-state index in [0.717, 1.165) is 67.7 Å². The molecule has 3 aromatic rings. The summed E-state index contributed by atoms with van der Waals surface area (Å²) >= 11 is 6.47. The van der Waals surface area contributed by atoms with Gasteiger partial charge in [-0.3, -0.25) is 9.59 Å². The maximum Gasteiger partial charge on any atom is 0.335 e. The molecular weight excluding hydrogens is 586 g/mol. The number of aryl methyl sites for hydroxylation is 1. The molecule has 238 valence electrons. The van der Waals surface area contributed by atoms with E-state index in [1.807, 2.05) is 47.1 Å². The van der Waals surface area contributed by atoms with E-state index in [1.54, 1.807) is 19.1 Å². The number of likely N-dealkylation sites (tertiary alicyclic amines) is 2. The number of halogens is 1. The van der Waals surface area contributed by atoms with Crippen LogP contribution in [0, 0.1) is 18.8 Å². The highest BCUT2D eigenvalue weighted by Gasteiger charge is 2.30. The summed E-state index contributed by atoms with van der Waals surface area (Å²) in [4.78, 5) is 43.0. The summed E-state index contributed by atoms with van der Waals surface area (Å²) < 4.78 is 0. The predicted octanol–water partition coefficient (Wildman–Crippen LogP) is 6.95. The third-order valence-electron chi connectivity index (χ3n) is 9.53. The number of aromatic carboxylic acids is 1. The molecule has 5 rings (SSSR count). The number of anilines is 1. The lowest BCUT2D eigenvalue weighted by atomic mass is 9.89. The van der Waals surface area contributed by atoms with Gasteiger partial charge in [-0.05, 0) is 118 Å². The molecule has 8 heteroatoms. The number of rotatable bonds is 10. The van der Waals surface area contributed by atoms with Gasteiger partial charge < -0.3 is 19.8 Å². The number of amides is 2. The fourth-order valence-corrected chi connectivity index (χ4v) is 6.79. The van der Waals surface area contributed by atoms with Crippen molar-refractivity contribution in [3.8, 4) is 11.1 Å². The first-order valence-electron chi connectivity index (χ1n) is 16.2. The zero-order valence-electron chi connectivity index (χ0n) is 26.4. The first-order chi connectivity index (χ1) is 21.7. The van der Waals surface area contributed by atoms with Crippen molar-refractivity contribution in [2.75, 3.05) is 44.2 Å². The zero-order chi connectivity index (χ0) is 31.9. The molecule has 0 spiro atoms. The van der Waals surface area contributed by atoms with Gasteiger partial charge in [0.1, 0.15) is 0 Å². The lowest BCUT2D eigenvalue weighted by molar-refractivity contribution is -0.133. The number of hydrogen-bond acceptors (Lipinski definition) is 4. The molecule has 1 N–H and O–H groups in total. The van der Waals surface area contributed by atoms with E-state index in [1.165, 1.54) is 5.56 Å². The van der Waals surface area contributed by atoms with E-state index in [4.69, 9.17) is 16.7 Å². The monoisotopic (exact) mass is 629 g/mol. The highest BCUT2D eigenvalue weighted by molar-refractivity contribution is 6.31. The maximum absolute atomic E-state index is 13.8. The lowest BCUT2D eigenvalue weighted by Gasteiger charge is -2.35. The second-order valence-corrected chi connectivity index (χ2v) is 13.0. The summed E-state index contributed by atoms with van der Waals surface area (Å²) in [6.07, 6.45) is 5.66. The van der Waals surface area contributed by atoms with Gasteiger partial charge in [-0.15, -0.1) is 0 Å². The standard InChI is InChI=1S/C37H44ClN3O4/c1-26-4-13-34(25-35(26)38)41(36(43)32-16-22-40(23-17-32)27(2)42)19-3-18-39-20-14-29(15-21-39)24-28-5-7-30(8-6-28)31-9-11-33(12-10-31)37(44)45/h4-13,25,29,32H,3,14-24H2,1-2H3,(H,44,45). The Morgan fingerprint density at radius 3 is 2.07 bits per heavy atom. The smallest absolute Gasteiger partial charge is 0.335 e. The molecule has 2 aliphatic rings. The summed E-state index contributed by atoms with van der Waals surface area (Å²) in [6.45, 7) is 8.56. The van der Waals surface area contributed by atoms with Crippen molar-refractivity contribution >= 4 is 35.1 Å². The second-order valence-electron chi connectivity index (χ2n) is 12.6. The van der Waals surface area contributed by atoms with Crippen LogP contribution >= 0.6 is 11.6 Å². The topological polar surface area (TPSA) is 81.2 Å². The van der Waals surface area contributed by atoms with Crippen LogP contribution in [0.5, 0.6) is 0 Å². The summed E-state index contributed by atoms with van der Waals surface area (Å²) in [7, 11) is 0. The van der Waals surface area contributed by atoms with Crippen LogP contribution in [0.15, 0.2) is 66.7 Å². The molecule has 0 radical (unpaired) electrons. The van der Waals surface area contributed by atoms with Crippen molar-refractivity contribution in [2.45, 2.75) is 52.4 Å². The van der Waals surface area contributed by atoms with Crippen LogP contribution < -0.4 is 4.90 Å². The normalized spacial score (nSPS) is 16.5. The third-order valence-corrected chi connectivity index (χ3v) is 9.94. The number of piperidine rings is 2. The Morgan fingerprint density at radius 2 is 1.49 bits per heavy atom. The van der Waals surface area contributed by atoms with Crippen molar-refractivity contribution in [3.63, 3.8) is 0 Å². The van der Waals surface area contributed by atoms with Crippen molar-refractivity contribution in [3.05, 3.63) is 88.4 Å². The summed E-state index contributed by atoms with van der Waals surface area (Å²) in [5.41, 5.74) is 5.59. The van der Waals surface area contributed by atoms with Gasteiger partial charge in [0.2, 0.25) is 11.8 Å². The fourth-order valence-electron chi connectivity index (χ4n) is 6.62. The van der Waals surface area contributed by atoms with Gasteiger partial charge in [0, 0.05) is 43.2 Å². The molecule has 0 saturated carbocycles. The molecule has 2 amide bonds. The number of hydrogen-bond donors (Lipinski definition) is 1. The van der Waals surface area contributed by atoms with Gasteiger partial charge in [-0.1, -0.05) is 54.1 Å². The van der Waals surface area contributed by atoms with Gasteiger partial charge in [0.25, 0.3) is 0 Å². The number of carbonyl (C=O) groups is 3. The van der Waals surface area contributed by atoms with E-state index < -0.39 is 5.97 Å². The number of carboxylic acids is 1. The number of nitrogens with zero attached hydrogens (tertiary/aromatic N) is 3. The summed E-state index contributed by atoms with van der Waals surface area (Å²) in [6, 6.07) is 21.5. The first kappa shape index (κ1) is 32.7. The minimum atomic E-state index is -0.911. The Hall–Kier alpha value is -3.68. The molecule has 2 fully saturated rings. The number of benzene rings is 3. The number of carboxylic acid groups (broad SMARTS) is 1. The van der Waals surface area contributed by atoms with Gasteiger partial charge >= 0.3 is 5.97 Å². The highest BCUT2D eigenvalue weighted by atomic mass is 35.5. The molecule has 2 aliphatic heterocycles. The van der Waals surface area contributed by atoms with Crippen LogP contribution in [0.1, 0.15) is 60.5 Å².